The Morgan fingerprint density at radius 1 is 1.23 bits per heavy atom. The van der Waals surface area contributed by atoms with Crippen LogP contribution in [0.2, 0.25) is 0 Å². The molecular weight excluding hydrogens is 282 g/mol. The van der Waals surface area contributed by atoms with E-state index in [1.54, 1.807) is 11.6 Å². The molecule has 0 radical (unpaired) electrons. The fourth-order valence-corrected chi connectivity index (χ4v) is 3.52. The SMILES string of the molecule is CC(=O)Cn1nc(C(=O)N2C[C@@H](C)O[C@@H](C)C2)c2c1CCC2. The quantitative estimate of drug-likeness (QED) is 0.842. The molecule has 6 heteroatoms. The first-order valence-electron chi connectivity index (χ1n) is 7.98. The van der Waals surface area contributed by atoms with Crippen molar-refractivity contribution in [3.8, 4) is 0 Å². The summed E-state index contributed by atoms with van der Waals surface area (Å²) in [6.45, 7) is 6.96. The van der Waals surface area contributed by atoms with Crippen molar-refractivity contribution >= 4 is 11.7 Å². The molecule has 2 heterocycles. The van der Waals surface area contributed by atoms with Crippen molar-refractivity contribution in [1.82, 2.24) is 14.7 Å². The van der Waals surface area contributed by atoms with Gasteiger partial charge >= 0.3 is 0 Å². The Balaban J connectivity index is 1.88. The summed E-state index contributed by atoms with van der Waals surface area (Å²) in [5.41, 5.74) is 2.64. The van der Waals surface area contributed by atoms with E-state index in [0.717, 1.165) is 30.5 Å². The molecule has 1 saturated heterocycles. The number of carbonyl (C=O) groups excluding carboxylic acids is 2. The smallest absolute Gasteiger partial charge is 0.274 e. The molecule has 1 amide bonds. The van der Waals surface area contributed by atoms with Gasteiger partial charge in [-0.2, -0.15) is 5.10 Å². The van der Waals surface area contributed by atoms with E-state index < -0.39 is 0 Å². The van der Waals surface area contributed by atoms with Crippen LogP contribution in [0, 0.1) is 0 Å². The Hall–Kier alpha value is -1.69. The molecule has 1 fully saturated rings. The minimum absolute atomic E-state index is 0.0255. The van der Waals surface area contributed by atoms with Crippen molar-refractivity contribution < 1.29 is 14.3 Å². The van der Waals surface area contributed by atoms with Crippen LogP contribution in [0.3, 0.4) is 0 Å². The third-order valence-corrected chi connectivity index (χ3v) is 4.29. The Morgan fingerprint density at radius 2 is 1.91 bits per heavy atom. The van der Waals surface area contributed by atoms with Crippen LogP contribution in [0.1, 0.15) is 48.9 Å². The molecule has 2 aliphatic rings. The minimum Gasteiger partial charge on any atom is -0.372 e. The van der Waals surface area contributed by atoms with Crippen LogP contribution < -0.4 is 0 Å². The average molecular weight is 305 g/mol. The predicted octanol–water partition coefficient (Wildman–Crippen LogP) is 1.21. The van der Waals surface area contributed by atoms with Gasteiger partial charge in [0.1, 0.15) is 0 Å². The van der Waals surface area contributed by atoms with Crippen molar-refractivity contribution in [3.63, 3.8) is 0 Å². The van der Waals surface area contributed by atoms with E-state index in [2.05, 4.69) is 5.10 Å². The molecule has 2 atom stereocenters. The van der Waals surface area contributed by atoms with Crippen LogP contribution in [-0.4, -0.2) is 51.7 Å². The molecule has 1 aliphatic heterocycles. The number of hydrogen-bond acceptors (Lipinski definition) is 4. The van der Waals surface area contributed by atoms with Gasteiger partial charge in [-0.05, 0) is 40.0 Å². The first kappa shape index (κ1) is 15.2. The zero-order valence-corrected chi connectivity index (χ0v) is 13.5. The van der Waals surface area contributed by atoms with Gasteiger partial charge in [-0.3, -0.25) is 14.3 Å². The first-order valence-corrected chi connectivity index (χ1v) is 7.98. The summed E-state index contributed by atoms with van der Waals surface area (Å²) >= 11 is 0. The lowest BCUT2D eigenvalue weighted by atomic mass is 10.1. The molecule has 1 aromatic heterocycles. The van der Waals surface area contributed by atoms with E-state index >= 15 is 0 Å². The Bertz CT molecular complexity index is 598. The summed E-state index contributed by atoms with van der Waals surface area (Å²) in [5, 5.41) is 4.46. The Labute approximate surface area is 130 Å². The normalized spacial score (nSPS) is 24.4. The number of morpholine rings is 1. The highest BCUT2D eigenvalue weighted by Gasteiger charge is 2.32. The molecule has 0 aromatic carbocycles. The van der Waals surface area contributed by atoms with Gasteiger partial charge in [0.2, 0.25) is 0 Å². The highest BCUT2D eigenvalue weighted by molar-refractivity contribution is 5.94. The maximum Gasteiger partial charge on any atom is 0.274 e. The summed E-state index contributed by atoms with van der Waals surface area (Å²) in [6.07, 6.45) is 2.89. The van der Waals surface area contributed by atoms with Crippen molar-refractivity contribution in [2.75, 3.05) is 13.1 Å². The molecule has 1 aromatic rings. The first-order chi connectivity index (χ1) is 10.5. The lowest BCUT2D eigenvalue weighted by Crippen LogP contribution is -2.48. The van der Waals surface area contributed by atoms with Crippen LogP contribution in [0.25, 0.3) is 0 Å². The predicted molar refractivity (Wildman–Crippen MR) is 80.8 cm³/mol. The van der Waals surface area contributed by atoms with Crippen LogP contribution in [0.4, 0.5) is 0 Å². The van der Waals surface area contributed by atoms with Gasteiger partial charge in [0.25, 0.3) is 5.91 Å². The van der Waals surface area contributed by atoms with E-state index in [-0.39, 0.29) is 30.4 Å². The number of fused-ring (bicyclic) bond motifs is 1. The summed E-state index contributed by atoms with van der Waals surface area (Å²) in [5.74, 6) is 0.0345. The average Bonchev–Trinajstić information content (AvgIpc) is 3.00. The van der Waals surface area contributed by atoms with Crippen molar-refractivity contribution in [2.24, 2.45) is 0 Å². The second kappa shape index (κ2) is 5.83. The van der Waals surface area contributed by atoms with Crippen LogP contribution in [0.5, 0.6) is 0 Å². The molecule has 0 spiro atoms. The standard InChI is InChI=1S/C16H23N3O3/c1-10(20)7-19-14-6-4-5-13(14)15(17-19)16(21)18-8-11(2)22-12(3)9-18/h11-12H,4-9H2,1-3H3/t11-,12+. The number of nitrogens with zero attached hydrogens (tertiary/aromatic N) is 3. The third kappa shape index (κ3) is 2.79. The minimum atomic E-state index is -0.0255. The fraction of sp³-hybridized carbons (Fsp3) is 0.688. The molecule has 22 heavy (non-hydrogen) atoms. The van der Waals surface area contributed by atoms with E-state index in [4.69, 9.17) is 4.74 Å². The molecular formula is C16H23N3O3. The molecule has 3 rings (SSSR count). The molecule has 0 unspecified atom stereocenters. The molecule has 6 nitrogen and oxygen atoms in total. The summed E-state index contributed by atoms with van der Waals surface area (Å²) in [6, 6.07) is 0. The maximum atomic E-state index is 12.9. The zero-order valence-electron chi connectivity index (χ0n) is 13.5. The van der Waals surface area contributed by atoms with E-state index in [9.17, 15) is 9.59 Å². The van der Waals surface area contributed by atoms with Gasteiger partial charge in [0, 0.05) is 24.3 Å². The zero-order chi connectivity index (χ0) is 15.9. The van der Waals surface area contributed by atoms with Crippen LogP contribution in [-0.2, 0) is 28.9 Å². The molecule has 0 saturated carbocycles. The van der Waals surface area contributed by atoms with Gasteiger partial charge in [-0.15, -0.1) is 0 Å². The summed E-state index contributed by atoms with van der Waals surface area (Å²) in [4.78, 5) is 26.1. The highest BCUT2D eigenvalue weighted by atomic mass is 16.5. The molecule has 0 bridgehead atoms. The number of ether oxygens (including phenoxy) is 1. The summed E-state index contributed by atoms with van der Waals surface area (Å²) < 4.78 is 7.42. The monoisotopic (exact) mass is 305 g/mol. The maximum absolute atomic E-state index is 12.9. The van der Waals surface area contributed by atoms with Gasteiger partial charge in [-0.25, -0.2) is 0 Å². The van der Waals surface area contributed by atoms with Gasteiger partial charge < -0.3 is 9.64 Å². The second-order valence-corrected chi connectivity index (χ2v) is 6.45. The summed E-state index contributed by atoms with van der Waals surface area (Å²) in [7, 11) is 0. The van der Waals surface area contributed by atoms with Crippen molar-refractivity contribution in [2.45, 2.75) is 58.8 Å². The fourth-order valence-electron chi connectivity index (χ4n) is 3.52. The van der Waals surface area contributed by atoms with Gasteiger partial charge in [0.15, 0.2) is 11.5 Å². The Kier molecular flexibility index (Phi) is 4.04. The number of aromatic nitrogens is 2. The second-order valence-electron chi connectivity index (χ2n) is 6.45. The topological polar surface area (TPSA) is 64.4 Å². The third-order valence-electron chi connectivity index (χ3n) is 4.29. The number of amides is 1. The van der Waals surface area contributed by atoms with E-state index in [0.29, 0.717) is 18.8 Å². The lowest BCUT2D eigenvalue weighted by Gasteiger charge is -2.35. The number of hydrogen-bond donors (Lipinski definition) is 0. The van der Waals surface area contributed by atoms with E-state index in [1.807, 2.05) is 18.7 Å². The Morgan fingerprint density at radius 3 is 2.55 bits per heavy atom. The highest BCUT2D eigenvalue weighted by Crippen LogP contribution is 2.27. The van der Waals surface area contributed by atoms with Crippen LogP contribution >= 0.6 is 0 Å². The van der Waals surface area contributed by atoms with Crippen LogP contribution in [0.15, 0.2) is 0 Å². The number of rotatable bonds is 3. The molecule has 120 valence electrons. The van der Waals surface area contributed by atoms with Crippen molar-refractivity contribution in [1.29, 1.82) is 0 Å². The number of ketones is 1. The molecule has 1 aliphatic carbocycles. The van der Waals surface area contributed by atoms with Crippen molar-refractivity contribution in [3.05, 3.63) is 17.0 Å². The van der Waals surface area contributed by atoms with Gasteiger partial charge in [-0.1, -0.05) is 0 Å². The lowest BCUT2D eigenvalue weighted by molar-refractivity contribution is -0.117. The van der Waals surface area contributed by atoms with E-state index in [1.165, 1.54) is 0 Å². The largest absolute Gasteiger partial charge is 0.372 e. The number of Topliss-reactive ketones (excluding diaryl/α,β-unsaturated/α-hetero) is 1. The number of carbonyl (C=O) groups is 2. The molecule has 0 N–H and O–H groups in total. The van der Waals surface area contributed by atoms with Gasteiger partial charge in [0.05, 0.1) is 18.8 Å².